The van der Waals surface area contributed by atoms with Crippen molar-refractivity contribution in [3.63, 3.8) is 0 Å². The molecule has 3 saturated carbocycles. The summed E-state index contributed by atoms with van der Waals surface area (Å²) in [6.07, 6.45) is 20.2. The maximum absolute atomic E-state index is 10.2. The molecule has 3 fully saturated rings. The third kappa shape index (κ3) is 3.95. The number of fused-ring (bicyclic) bond motifs is 5. The van der Waals surface area contributed by atoms with Gasteiger partial charge in [-0.1, -0.05) is 72.0 Å². The summed E-state index contributed by atoms with van der Waals surface area (Å²) in [4.78, 5) is 0. The Labute approximate surface area is 187 Å². The molecule has 0 aromatic heterocycles. The second-order valence-electron chi connectivity index (χ2n) is 12.7. The highest BCUT2D eigenvalue weighted by Gasteiger charge is 2.58. The standard InChI is InChI=1S/C29H50O/c1-6-21(20(2)3)9-7-8-10-22-12-14-26-25-13-11-23-19-24(30)15-17-29(23,5)27(25)16-18-28(22,26)4/h11,20-22,24-27,30H,6-10,12-19H2,1-5H3/t21?,22-,24-,25-,26-,27-,28+,29-/m0/s1. The molecule has 1 N–H and O–H groups in total. The molecule has 172 valence electrons. The van der Waals surface area contributed by atoms with Crippen LogP contribution in [-0.2, 0) is 0 Å². The molecule has 0 saturated heterocycles. The molecule has 4 rings (SSSR count). The number of aliphatic hydroxyl groups is 1. The van der Waals surface area contributed by atoms with E-state index < -0.39 is 0 Å². The molecule has 0 aromatic carbocycles. The van der Waals surface area contributed by atoms with Crippen LogP contribution in [0.25, 0.3) is 0 Å². The van der Waals surface area contributed by atoms with E-state index in [0.717, 1.165) is 48.3 Å². The molecule has 1 nitrogen and oxygen atoms in total. The van der Waals surface area contributed by atoms with Crippen molar-refractivity contribution in [3.8, 4) is 0 Å². The Morgan fingerprint density at radius 2 is 1.83 bits per heavy atom. The zero-order valence-corrected chi connectivity index (χ0v) is 20.8. The molecule has 4 aliphatic rings. The van der Waals surface area contributed by atoms with Gasteiger partial charge in [0.1, 0.15) is 0 Å². The Morgan fingerprint density at radius 3 is 2.57 bits per heavy atom. The van der Waals surface area contributed by atoms with Gasteiger partial charge in [0, 0.05) is 0 Å². The Bertz CT molecular complexity index is 620. The van der Waals surface area contributed by atoms with E-state index in [0.29, 0.717) is 10.8 Å². The van der Waals surface area contributed by atoms with Crippen molar-refractivity contribution in [2.45, 2.75) is 124 Å². The average molecular weight is 415 g/mol. The maximum atomic E-state index is 10.2. The predicted molar refractivity (Wildman–Crippen MR) is 128 cm³/mol. The summed E-state index contributed by atoms with van der Waals surface area (Å²) in [5.74, 6) is 5.53. The third-order valence-corrected chi connectivity index (χ3v) is 11.1. The zero-order chi connectivity index (χ0) is 21.5. The summed E-state index contributed by atoms with van der Waals surface area (Å²) in [5.41, 5.74) is 2.63. The molecule has 0 amide bonds. The van der Waals surface area contributed by atoms with Gasteiger partial charge in [0.15, 0.2) is 0 Å². The molecular formula is C29H50O. The molecule has 0 spiro atoms. The number of allylic oxidation sites excluding steroid dienone is 1. The summed E-state index contributed by atoms with van der Waals surface area (Å²) in [6, 6.07) is 0. The van der Waals surface area contributed by atoms with Crippen LogP contribution in [0.5, 0.6) is 0 Å². The first kappa shape index (κ1) is 22.9. The maximum Gasteiger partial charge on any atom is 0.0577 e. The molecule has 0 radical (unpaired) electrons. The summed E-state index contributed by atoms with van der Waals surface area (Å²) in [7, 11) is 0. The van der Waals surface area contributed by atoms with E-state index in [2.05, 4.69) is 40.7 Å². The van der Waals surface area contributed by atoms with Gasteiger partial charge >= 0.3 is 0 Å². The van der Waals surface area contributed by atoms with Crippen molar-refractivity contribution >= 4 is 0 Å². The van der Waals surface area contributed by atoms with Crippen LogP contribution in [0.2, 0.25) is 0 Å². The quantitative estimate of drug-likeness (QED) is 0.329. The van der Waals surface area contributed by atoms with Crippen LogP contribution < -0.4 is 0 Å². The molecule has 0 aromatic rings. The van der Waals surface area contributed by atoms with Crippen LogP contribution in [-0.4, -0.2) is 11.2 Å². The lowest BCUT2D eigenvalue weighted by molar-refractivity contribution is -0.0509. The van der Waals surface area contributed by atoms with E-state index in [4.69, 9.17) is 0 Å². The fourth-order valence-corrected chi connectivity index (χ4v) is 9.03. The van der Waals surface area contributed by atoms with Crippen molar-refractivity contribution in [3.05, 3.63) is 11.6 Å². The van der Waals surface area contributed by atoms with Gasteiger partial charge < -0.3 is 5.11 Å². The van der Waals surface area contributed by atoms with Crippen LogP contribution in [0.1, 0.15) is 118 Å². The third-order valence-electron chi connectivity index (χ3n) is 11.1. The monoisotopic (exact) mass is 414 g/mol. The summed E-state index contributed by atoms with van der Waals surface area (Å²) in [5, 5.41) is 10.2. The van der Waals surface area contributed by atoms with Crippen LogP contribution in [0.4, 0.5) is 0 Å². The first-order valence-electron chi connectivity index (χ1n) is 13.7. The van der Waals surface area contributed by atoms with Crippen LogP contribution >= 0.6 is 0 Å². The molecule has 4 aliphatic carbocycles. The van der Waals surface area contributed by atoms with E-state index in [1.807, 2.05) is 0 Å². The van der Waals surface area contributed by atoms with Gasteiger partial charge in [0.2, 0.25) is 0 Å². The second-order valence-corrected chi connectivity index (χ2v) is 12.7. The Kier molecular flexibility index (Phi) is 6.80. The molecule has 1 heteroatoms. The lowest BCUT2D eigenvalue weighted by Crippen LogP contribution is -2.50. The van der Waals surface area contributed by atoms with Gasteiger partial charge in [0.05, 0.1) is 6.10 Å². The Balaban J connectivity index is 1.38. The molecule has 1 unspecified atom stereocenters. The van der Waals surface area contributed by atoms with Crippen molar-refractivity contribution in [1.29, 1.82) is 0 Å². The zero-order valence-electron chi connectivity index (χ0n) is 20.8. The molecular weight excluding hydrogens is 364 g/mol. The van der Waals surface area contributed by atoms with Gasteiger partial charge in [-0.2, -0.15) is 0 Å². The summed E-state index contributed by atoms with van der Waals surface area (Å²) in [6.45, 7) is 12.5. The number of unbranched alkanes of at least 4 members (excludes halogenated alkanes) is 1. The highest BCUT2D eigenvalue weighted by molar-refractivity contribution is 5.25. The van der Waals surface area contributed by atoms with E-state index in [-0.39, 0.29) is 6.10 Å². The SMILES string of the molecule is CCC(CCCC[C@H]1CC[C@H]2[C@@H]3CC=C4C[C@@H](O)CC[C@]4(C)[C@H]3CC[C@]12C)C(C)C. The van der Waals surface area contributed by atoms with Crippen molar-refractivity contribution in [2.24, 2.45) is 46.3 Å². The minimum atomic E-state index is -0.0754. The number of hydrogen-bond acceptors (Lipinski definition) is 1. The second kappa shape index (κ2) is 8.92. The minimum absolute atomic E-state index is 0.0754. The summed E-state index contributed by atoms with van der Waals surface area (Å²) >= 11 is 0. The molecule has 0 aliphatic heterocycles. The van der Waals surface area contributed by atoms with Crippen LogP contribution in [0.15, 0.2) is 11.6 Å². The first-order chi connectivity index (χ1) is 14.3. The number of aliphatic hydroxyl groups excluding tert-OH is 1. The topological polar surface area (TPSA) is 20.2 Å². The summed E-state index contributed by atoms with van der Waals surface area (Å²) < 4.78 is 0. The van der Waals surface area contributed by atoms with Crippen molar-refractivity contribution < 1.29 is 5.11 Å². The van der Waals surface area contributed by atoms with Crippen molar-refractivity contribution in [2.75, 3.05) is 0 Å². The predicted octanol–water partition coefficient (Wildman–Crippen LogP) is 8.17. The highest BCUT2D eigenvalue weighted by atomic mass is 16.3. The Hall–Kier alpha value is -0.300. The number of rotatable bonds is 7. The molecule has 0 bridgehead atoms. The molecule has 0 heterocycles. The smallest absolute Gasteiger partial charge is 0.0577 e. The number of hydrogen-bond donors (Lipinski definition) is 1. The molecule has 30 heavy (non-hydrogen) atoms. The van der Waals surface area contributed by atoms with Gasteiger partial charge in [-0.25, -0.2) is 0 Å². The first-order valence-corrected chi connectivity index (χ1v) is 13.7. The lowest BCUT2D eigenvalue weighted by atomic mass is 9.47. The Morgan fingerprint density at radius 1 is 1.03 bits per heavy atom. The minimum Gasteiger partial charge on any atom is -0.393 e. The van der Waals surface area contributed by atoms with Gasteiger partial charge in [-0.15, -0.1) is 0 Å². The molecule has 8 atom stereocenters. The average Bonchev–Trinajstić information content (AvgIpc) is 3.04. The van der Waals surface area contributed by atoms with Gasteiger partial charge in [0.25, 0.3) is 0 Å². The van der Waals surface area contributed by atoms with Gasteiger partial charge in [-0.05, 0) is 104 Å². The van der Waals surface area contributed by atoms with Crippen molar-refractivity contribution in [1.82, 2.24) is 0 Å². The van der Waals surface area contributed by atoms with E-state index in [1.165, 1.54) is 70.6 Å². The van der Waals surface area contributed by atoms with E-state index >= 15 is 0 Å². The van der Waals surface area contributed by atoms with E-state index in [1.54, 1.807) is 5.57 Å². The lowest BCUT2D eigenvalue weighted by Gasteiger charge is -2.58. The largest absolute Gasteiger partial charge is 0.393 e. The van der Waals surface area contributed by atoms with E-state index in [9.17, 15) is 5.11 Å². The fourth-order valence-electron chi connectivity index (χ4n) is 9.03. The normalized spacial score (nSPS) is 44.2. The van der Waals surface area contributed by atoms with Gasteiger partial charge in [-0.3, -0.25) is 0 Å². The fraction of sp³-hybridized carbons (Fsp3) is 0.931. The van der Waals surface area contributed by atoms with Crippen LogP contribution in [0.3, 0.4) is 0 Å². The van der Waals surface area contributed by atoms with Crippen LogP contribution in [0, 0.1) is 46.3 Å². The highest BCUT2D eigenvalue weighted by Crippen LogP contribution is 2.66.